The summed E-state index contributed by atoms with van der Waals surface area (Å²) < 4.78 is 5.18. The zero-order valence-electron chi connectivity index (χ0n) is 13.2. The number of methoxy groups -OCH3 is 1. The molecule has 1 heterocycles. The van der Waals surface area contributed by atoms with Gasteiger partial charge in [-0.3, -0.25) is 4.79 Å². The molecule has 1 unspecified atom stereocenters. The molecule has 0 spiro atoms. The van der Waals surface area contributed by atoms with Gasteiger partial charge in [0.25, 0.3) is 0 Å². The van der Waals surface area contributed by atoms with Crippen LogP contribution in [0.25, 0.3) is 0 Å². The molecule has 0 aromatic heterocycles. The minimum absolute atomic E-state index is 0.0906. The van der Waals surface area contributed by atoms with Gasteiger partial charge in [-0.05, 0) is 43.4 Å². The Balaban J connectivity index is 1.65. The summed E-state index contributed by atoms with van der Waals surface area (Å²) in [6.07, 6.45) is 7.92. The number of hydrogen-bond donors (Lipinski definition) is 0. The number of carbonyl (C=O) groups excluding carboxylic acids is 1. The smallest absolute Gasteiger partial charge is 0.226 e. The summed E-state index contributed by atoms with van der Waals surface area (Å²) in [5.41, 5.74) is 1.05. The molecule has 1 atom stereocenters. The quantitative estimate of drug-likeness (QED) is 0.836. The highest BCUT2D eigenvalue weighted by Crippen LogP contribution is 2.32. The van der Waals surface area contributed by atoms with Crippen LogP contribution in [0.5, 0.6) is 5.75 Å². The van der Waals surface area contributed by atoms with Crippen molar-refractivity contribution in [2.24, 2.45) is 5.92 Å². The molecule has 4 heteroatoms. The maximum atomic E-state index is 12.7. The number of halogens is 1. The second kappa shape index (κ2) is 6.91. The van der Waals surface area contributed by atoms with Crippen LogP contribution in [-0.2, 0) is 11.2 Å². The SMILES string of the molecule is COc1ccc(CC2CCN(C3CCCCC3)C2=O)c(Cl)c1. The second-order valence-corrected chi connectivity index (χ2v) is 6.88. The van der Waals surface area contributed by atoms with E-state index in [1.165, 1.54) is 32.1 Å². The summed E-state index contributed by atoms with van der Waals surface area (Å²) in [5, 5.41) is 0.697. The monoisotopic (exact) mass is 321 g/mol. The molecule has 1 saturated heterocycles. The van der Waals surface area contributed by atoms with Gasteiger partial charge in [-0.1, -0.05) is 36.9 Å². The standard InChI is InChI=1S/C18H24ClNO2/c1-22-16-8-7-13(17(19)12-16)11-14-9-10-20(18(14)21)15-5-3-2-4-6-15/h7-8,12,14-15H,2-6,9-11H2,1H3. The molecule has 0 N–H and O–H groups in total. The fourth-order valence-electron chi connectivity index (χ4n) is 3.79. The first-order valence-corrected chi connectivity index (χ1v) is 8.69. The van der Waals surface area contributed by atoms with Gasteiger partial charge in [0.2, 0.25) is 5.91 Å². The highest BCUT2D eigenvalue weighted by atomic mass is 35.5. The Morgan fingerprint density at radius 2 is 2.00 bits per heavy atom. The van der Waals surface area contributed by atoms with Crippen LogP contribution in [0, 0.1) is 5.92 Å². The number of ether oxygens (including phenoxy) is 1. The molecule has 22 heavy (non-hydrogen) atoms. The summed E-state index contributed by atoms with van der Waals surface area (Å²) in [7, 11) is 1.63. The predicted octanol–water partition coefficient (Wildman–Crippen LogP) is 4.07. The van der Waals surface area contributed by atoms with E-state index in [2.05, 4.69) is 4.90 Å². The largest absolute Gasteiger partial charge is 0.497 e. The molecule has 1 aliphatic heterocycles. The zero-order valence-corrected chi connectivity index (χ0v) is 13.9. The third-order valence-corrected chi connectivity index (χ3v) is 5.44. The van der Waals surface area contributed by atoms with Gasteiger partial charge in [0.15, 0.2) is 0 Å². The summed E-state index contributed by atoms with van der Waals surface area (Å²) in [5.74, 6) is 1.18. The third-order valence-electron chi connectivity index (χ3n) is 5.09. The van der Waals surface area contributed by atoms with Gasteiger partial charge in [0, 0.05) is 23.5 Å². The zero-order chi connectivity index (χ0) is 15.5. The fraction of sp³-hybridized carbons (Fsp3) is 0.611. The van der Waals surface area contributed by atoms with Crippen molar-refractivity contribution in [3.8, 4) is 5.75 Å². The van der Waals surface area contributed by atoms with E-state index in [4.69, 9.17) is 16.3 Å². The molecule has 1 aliphatic carbocycles. The molecular formula is C18H24ClNO2. The number of nitrogens with zero attached hydrogens (tertiary/aromatic N) is 1. The van der Waals surface area contributed by atoms with Gasteiger partial charge in [0.1, 0.15) is 5.75 Å². The molecule has 3 rings (SSSR count). The van der Waals surface area contributed by atoms with Gasteiger partial charge in [-0.25, -0.2) is 0 Å². The van der Waals surface area contributed by atoms with Crippen molar-refractivity contribution in [3.05, 3.63) is 28.8 Å². The molecule has 0 radical (unpaired) electrons. The van der Waals surface area contributed by atoms with Gasteiger partial charge in [-0.15, -0.1) is 0 Å². The van der Waals surface area contributed by atoms with E-state index in [9.17, 15) is 4.79 Å². The van der Waals surface area contributed by atoms with Crippen LogP contribution in [0.1, 0.15) is 44.1 Å². The Labute approximate surface area is 137 Å². The number of likely N-dealkylation sites (tertiary alicyclic amines) is 1. The molecule has 1 aromatic carbocycles. The van der Waals surface area contributed by atoms with Crippen LogP contribution in [0.3, 0.4) is 0 Å². The molecule has 2 aliphatic rings. The van der Waals surface area contributed by atoms with Gasteiger partial charge >= 0.3 is 0 Å². The summed E-state index contributed by atoms with van der Waals surface area (Å²) in [6, 6.07) is 6.21. The topological polar surface area (TPSA) is 29.5 Å². The van der Waals surface area contributed by atoms with Gasteiger partial charge in [0.05, 0.1) is 7.11 Å². The van der Waals surface area contributed by atoms with E-state index in [1.54, 1.807) is 7.11 Å². The van der Waals surface area contributed by atoms with E-state index in [-0.39, 0.29) is 5.92 Å². The minimum Gasteiger partial charge on any atom is -0.497 e. The Morgan fingerprint density at radius 1 is 1.23 bits per heavy atom. The lowest BCUT2D eigenvalue weighted by molar-refractivity contribution is -0.133. The van der Waals surface area contributed by atoms with E-state index >= 15 is 0 Å². The maximum absolute atomic E-state index is 12.7. The van der Waals surface area contributed by atoms with Crippen molar-refractivity contribution in [2.75, 3.05) is 13.7 Å². The van der Waals surface area contributed by atoms with E-state index in [0.717, 1.165) is 30.7 Å². The number of benzene rings is 1. The normalized spacial score (nSPS) is 23.1. The first-order chi connectivity index (χ1) is 10.7. The fourth-order valence-corrected chi connectivity index (χ4v) is 4.04. The predicted molar refractivity (Wildman–Crippen MR) is 88.4 cm³/mol. The molecule has 3 nitrogen and oxygen atoms in total. The number of hydrogen-bond acceptors (Lipinski definition) is 2. The van der Waals surface area contributed by atoms with E-state index in [1.807, 2.05) is 18.2 Å². The molecule has 1 saturated carbocycles. The van der Waals surface area contributed by atoms with Crippen LogP contribution in [0.15, 0.2) is 18.2 Å². The first-order valence-electron chi connectivity index (χ1n) is 8.32. The molecule has 1 aromatic rings. The Hall–Kier alpha value is -1.22. The molecule has 0 bridgehead atoms. The highest BCUT2D eigenvalue weighted by Gasteiger charge is 2.36. The minimum atomic E-state index is 0.0906. The van der Waals surface area contributed by atoms with Crippen LogP contribution in [0.4, 0.5) is 0 Å². The average molecular weight is 322 g/mol. The molecule has 120 valence electrons. The number of rotatable bonds is 4. The van der Waals surface area contributed by atoms with Crippen molar-refractivity contribution < 1.29 is 9.53 Å². The van der Waals surface area contributed by atoms with Crippen LogP contribution in [0.2, 0.25) is 5.02 Å². The molecule has 1 amide bonds. The molecule has 2 fully saturated rings. The van der Waals surface area contributed by atoms with Crippen molar-refractivity contribution >= 4 is 17.5 Å². The van der Waals surface area contributed by atoms with Crippen molar-refractivity contribution in [3.63, 3.8) is 0 Å². The van der Waals surface area contributed by atoms with Crippen LogP contribution < -0.4 is 4.74 Å². The van der Waals surface area contributed by atoms with E-state index in [0.29, 0.717) is 17.0 Å². The van der Waals surface area contributed by atoms with Crippen LogP contribution >= 0.6 is 11.6 Å². The lowest BCUT2D eigenvalue weighted by atomic mass is 9.94. The summed E-state index contributed by atoms with van der Waals surface area (Å²) >= 11 is 6.31. The highest BCUT2D eigenvalue weighted by molar-refractivity contribution is 6.31. The first kappa shape index (κ1) is 15.7. The van der Waals surface area contributed by atoms with Crippen molar-refractivity contribution in [1.82, 2.24) is 4.90 Å². The van der Waals surface area contributed by atoms with Gasteiger partial charge < -0.3 is 9.64 Å². The second-order valence-electron chi connectivity index (χ2n) is 6.47. The number of amides is 1. The Bertz CT molecular complexity index is 540. The summed E-state index contributed by atoms with van der Waals surface area (Å²) in [6.45, 7) is 0.919. The maximum Gasteiger partial charge on any atom is 0.226 e. The third kappa shape index (κ3) is 3.24. The summed E-state index contributed by atoms with van der Waals surface area (Å²) in [4.78, 5) is 14.8. The van der Waals surface area contributed by atoms with Crippen LogP contribution in [-0.4, -0.2) is 30.5 Å². The molecular weight excluding hydrogens is 298 g/mol. The average Bonchev–Trinajstić information content (AvgIpc) is 2.91. The van der Waals surface area contributed by atoms with Gasteiger partial charge in [-0.2, -0.15) is 0 Å². The van der Waals surface area contributed by atoms with Crippen molar-refractivity contribution in [2.45, 2.75) is 51.0 Å². The Morgan fingerprint density at radius 3 is 2.68 bits per heavy atom. The Kier molecular flexibility index (Phi) is 4.92. The lowest BCUT2D eigenvalue weighted by Gasteiger charge is -2.31. The number of carbonyl (C=O) groups is 1. The van der Waals surface area contributed by atoms with Crippen molar-refractivity contribution in [1.29, 1.82) is 0 Å². The van der Waals surface area contributed by atoms with E-state index < -0.39 is 0 Å². The lowest BCUT2D eigenvalue weighted by Crippen LogP contribution is -2.39.